The van der Waals surface area contributed by atoms with Crippen LogP contribution >= 0.6 is 11.3 Å². The van der Waals surface area contributed by atoms with Gasteiger partial charge in [-0.15, -0.1) is 11.3 Å². The highest BCUT2D eigenvalue weighted by atomic mass is 32.2. The van der Waals surface area contributed by atoms with Crippen molar-refractivity contribution in [1.29, 1.82) is 0 Å². The molecular weight excluding hydrogens is 777 g/mol. The fourth-order valence-corrected chi connectivity index (χ4v) is 10.7. The van der Waals surface area contributed by atoms with Gasteiger partial charge in [-0.05, 0) is 86.3 Å². The number of carbonyl (C=O) groups excluding carboxylic acids is 2. The van der Waals surface area contributed by atoms with Crippen LogP contribution in [0.3, 0.4) is 0 Å². The van der Waals surface area contributed by atoms with Gasteiger partial charge in [0.2, 0.25) is 11.7 Å². The van der Waals surface area contributed by atoms with E-state index in [4.69, 9.17) is 9.26 Å². The van der Waals surface area contributed by atoms with Gasteiger partial charge in [-0.2, -0.15) is 9.29 Å². The summed E-state index contributed by atoms with van der Waals surface area (Å²) in [5, 5.41) is 9.79. The molecule has 1 saturated carbocycles. The molecule has 4 unspecified atom stereocenters. The van der Waals surface area contributed by atoms with Crippen LogP contribution in [0.5, 0.6) is 0 Å². The first-order valence-corrected chi connectivity index (χ1v) is 20.4. The summed E-state index contributed by atoms with van der Waals surface area (Å²) in [6.07, 6.45) is 5.77. The lowest BCUT2D eigenvalue weighted by atomic mass is 9.56. The maximum Gasteiger partial charge on any atom is 0.397 e. The molecule has 5 atom stereocenters. The first kappa shape index (κ1) is 39.5. The first-order chi connectivity index (χ1) is 26.9. The average molecular weight is 815 g/mol. The number of anilines is 1. The third-order valence-electron chi connectivity index (χ3n) is 10.5. The summed E-state index contributed by atoms with van der Waals surface area (Å²) in [6, 6.07) is 8.17. The number of carbonyl (C=O) groups is 2. The number of amides is 1. The summed E-state index contributed by atoms with van der Waals surface area (Å²) in [5.74, 6) is -5.63. The number of nitrogens with one attached hydrogen (secondary N) is 2. The van der Waals surface area contributed by atoms with E-state index in [2.05, 4.69) is 25.8 Å². The van der Waals surface area contributed by atoms with Crippen LogP contribution in [0.25, 0.3) is 10.7 Å². The predicted octanol–water partition coefficient (Wildman–Crippen LogP) is 6.72. The van der Waals surface area contributed by atoms with E-state index in [9.17, 15) is 31.2 Å². The SMILES string of the molecule is CCOC(=O)c1nc(-c2ccc(S(=O)(=O)N3CCNCC3CCCc3c(F)cncc3NC(=O)CC(c3ccc(F)cc3)C3CC4C(F)=CC(F)=C[C@@H]43)s2)no1. The maximum absolute atomic E-state index is 15.3. The van der Waals surface area contributed by atoms with Gasteiger partial charge >= 0.3 is 11.9 Å². The number of allylic oxidation sites excluding steroid dienone is 4. The number of nitrogens with zero attached hydrogens (tertiary/aromatic N) is 4. The van der Waals surface area contributed by atoms with Crippen LogP contribution in [0.1, 0.15) is 60.3 Å². The van der Waals surface area contributed by atoms with Crippen molar-refractivity contribution in [3.05, 3.63) is 101 Å². The molecule has 2 N–H and O–H groups in total. The van der Waals surface area contributed by atoms with Crippen molar-refractivity contribution in [3.63, 3.8) is 0 Å². The monoisotopic (exact) mass is 814 g/mol. The Morgan fingerprint density at radius 2 is 1.93 bits per heavy atom. The largest absolute Gasteiger partial charge is 0.459 e. The summed E-state index contributed by atoms with van der Waals surface area (Å²) in [5.41, 5.74) is 0.994. The number of fused-ring (bicyclic) bond motifs is 1. The molecule has 0 bridgehead atoms. The number of halogens is 4. The molecule has 1 aliphatic heterocycles. The first-order valence-electron chi connectivity index (χ1n) is 18.2. The fraction of sp³-hybridized carbons (Fsp3) is 0.395. The van der Waals surface area contributed by atoms with Crippen LogP contribution in [0.15, 0.2) is 81.3 Å². The van der Waals surface area contributed by atoms with Gasteiger partial charge in [0.25, 0.3) is 10.0 Å². The second-order valence-corrected chi connectivity index (χ2v) is 17.1. The number of piperazine rings is 1. The molecule has 0 spiro atoms. The lowest BCUT2D eigenvalue weighted by Crippen LogP contribution is -2.53. The fourth-order valence-electron chi connectivity index (χ4n) is 7.71. The van der Waals surface area contributed by atoms with Gasteiger partial charge in [-0.1, -0.05) is 17.3 Å². The predicted molar refractivity (Wildman–Crippen MR) is 197 cm³/mol. The number of pyridine rings is 1. The Hall–Kier alpha value is -4.78. The zero-order valence-electron chi connectivity index (χ0n) is 30.1. The molecule has 1 saturated heterocycles. The number of hydrogen-bond acceptors (Lipinski definition) is 11. The van der Waals surface area contributed by atoms with Gasteiger partial charge in [0, 0.05) is 49.7 Å². The highest BCUT2D eigenvalue weighted by molar-refractivity contribution is 7.91. The maximum atomic E-state index is 15.3. The van der Waals surface area contributed by atoms with E-state index < -0.39 is 69.0 Å². The molecule has 296 valence electrons. The molecule has 0 radical (unpaired) electrons. The second-order valence-electron chi connectivity index (χ2n) is 13.9. The summed E-state index contributed by atoms with van der Waals surface area (Å²) in [4.78, 5) is 33.9. The van der Waals surface area contributed by atoms with Crippen molar-refractivity contribution >= 4 is 38.9 Å². The third kappa shape index (κ3) is 8.33. The van der Waals surface area contributed by atoms with Crippen molar-refractivity contribution in [2.75, 3.05) is 31.6 Å². The Balaban J connectivity index is 1.01. The minimum Gasteiger partial charge on any atom is -0.459 e. The zero-order valence-corrected chi connectivity index (χ0v) is 31.7. The number of aromatic nitrogens is 3. The van der Waals surface area contributed by atoms with Gasteiger partial charge in [0.15, 0.2) is 0 Å². The van der Waals surface area contributed by atoms with Gasteiger partial charge in [-0.3, -0.25) is 9.78 Å². The van der Waals surface area contributed by atoms with E-state index in [1.165, 1.54) is 40.8 Å². The Bertz CT molecular complexity index is 2260. The molecule has 3 aliphatic rings. The van der Waals surface area contributed by atoms with Crippen LogP contribution < -0.4 is 10.6 Å². The summed E-state index contributed by atoms with van der Waals surface area (Å²) in [7, 11) is -3.97. The van der Waals surface area contributed by atoms with Crippen LogP contribution in [0, 0.1) is 29.4 Å². The van der Waals surface area contributed by atoms with E-state index in [0.717, 1.165) is 23.6 Å². The summed E-state index contributed by atoms with van der Waals surface area (Å²) in [6.45, 7) is 2.74. The highest BCUT2D eigenvalue weighted by Gasteiger charge is 2.48. The molecule has 2 aliphatic carbocycles. The molecule has 3 aromatic heterocycles. The molecule has 1 aromatic carbocycles. The number of ether oxygens (including phenoxy) is 1. The Labute approximate surface area is 324 Å². The van der Waals surface area contributed by atoms with E-state index in [1.54, 1.807) is 19.1 Å². The van der Waals surface area contributed by atoms with E-state index in [-0.39, 0.29) is 59.1 Å². The van der Waals surface area contributed by atoms with E-state index in [0.29, 0.717) is 42.8 Å². The second kappa shape index (κ2) is 16.8. The van der Waals surface area contributed by atoms with Gasteiger partial charge in [-0.25, -0.2) is 30.8 Å². The molecule has 7 rings (SSSR count). The van der Waals surface area contributed by atoms with Crippen LogP contribution in [0.2, 0.25) is 0 Å². The summed E-state index contributed by atoms with van der Waals surface area (Å²) >= 11 is 0.934. The minimum atomic E-state index is -3.97. The van der Waals surface area contributed by atoms with Crippen LogP contribution in [-0.4, -0.2) is 72.0 Å². The van der Waals surface area contributed by atoms with E-state index >= 15 is 4.39 Å². The van der Waals surface area contributed by atoms with Crippen molar-refractivity contribution in [2.45, 2.75) is 55.2 Å². The standard InChI is InChI=1S/C38H38F4N6O6S2/c1-2-53-38(50)37-46-36(47-54-37)33-10-11-35(55-33)56(51,52)48-13-12-43-18-24(48)4-3-5-25-31(42)19-44-20-32(25)45-34(49)17-26(21-6-8-22(39)9-7-21)28-16-29-27(28)14-23(40)15-30(29)41/h6-11,14-15,19-20,24,26-29,43H,2-5,12-13,16-18H2,1H3,(H,45,49)/t24?,26?,27-,28?,29?/m1/s1. The molecule has 2 fully saturated rings. The van der Waals surface area contributed by atoms with E-state index in [1.807, 2.05) is 0 Å². The Morgan fingerprint density at radius 1 is 1.12 bits per heavy atom. The molecule has 56 heavy (non-hydrogen) atoms. The molecule has 1 amide bonds. The number of rotatable bonds is 14. The topological polar surface area (TPSA) is 157 Å². The van der Waals surface area contributed by atoms with Crippen molar-refractivity contribution in [1.82, 2.24) is 24.7 Å². The molecule has 4 heterocycles. The van der Waals surface area contributed by atoms with Crippen LogP contribution in [-0.2, 0) is 26.0 Å². The normalized spacial score (nSPS) is 21.7. The van der Waals surface area contributed by atoms with Gasteiger partial charge in [0.05, 0.1) is 29.6 Å². The molecule has 12 nitrogen and oxygen atoms in total. The quantitative estimate of drug-likeness (QED) is 0.104. The van der Waals surface area contributed by atoms with Gasteiger partial charge in [0.1, 0.15) is 27.5 Å². The average Bonchev–Trinajstić information content (AvgIpc) is 3.86. The number of benzene rings is 1. The Kier molecular flexibility index (Phi) is 11.8. The molecular formula is C38H38F4N6O6S2. The van der Waals surface area contributed by atoms with Gasteiger partial charge < -0.3 is 19.9 Å². The number of thiophene rings is 1. The number of esters is 1. The smallest absolute Gasteiger partial charge is 0.397 e. The highest BCUT2D eigenvalue weighted by Crippen LogP contribution is 2.55. The molecule has 4 aromatic rings. The lowest BCUT2D eigenvalue weighted by molar-refractivity contribution is -0.117. The lowest BCUT2D eigenvalue weighted by Gasteiger charge is -2.48. The third-order valence-corrected chi connectivity index (χ3v) is 14.0. The Morgan fingerprint density at radius 3 is 2.71 bits per heavy atom. The van der Waals surface area contributed by atoms with Crippen LogP contribution in [0.4, 0.5) is 23.2 Å². The minimum absolute atomic E-state index is 0.0471. The van der Waals surface area contributed by atoms with Crippen molar-refractivity contribution in [3.8, 4) is 10.7 Å². The number of hydrogen-bond donors (Lipinski definition) is 2. The van der Waals surface area contributed by atoms with Crippen molar-refractivity contribution in [2.24, 2.45) is 17.8 Å². The van der Waals surface area contributed by atoms with Crippen molar-refractivity contribution < 1.29 is 44.8 Å². The number of sulfonamides is 1. The summed E-state index contributed by atoms with van der Waals surface area (Å²) < 4.78 is 96.9. The molecule has 18 heteroatoms. The zero-order chi connectivity index (χ0) is 39.6.